The average Bonchev–Trinajstić information content (AvgIpc) is 3.36. The lowest BCUT2D eigenvalue weighted by atomic mass is 9.87. The van der Waals surface area contributed by atoms with E-state index in [2.05, 4.69) is 26.1 Å². The minimum atomic E-state index is -0.809. The van der Waals surface area contributed by atoms with E-state index in [1.807, 2.05) is 42.2 Å². The minimum Gasteiger partial charge on any atom is -0.386 e. The van der Waals surface area contributed by atoms with E-state index >= 15 is 0 Å². The first-order valence-corrected chi connectivity index (χ1v) is 13.0. The summed E-state index contributed by atoms with van der Waals surface area (Å²) in [6.07, 6.45) is 1.66. The Morgan fingerprint density at radius 3 is 2.34 bits per heavy atom. The largest absolute Gasteiger partial charge is 0.386 e. The summed E-state index contributed by atoms with van der Waals surface area (Å²) in [5.74, 6) is 0.109. The van der Waals surface area contributed by atoms with E-state index in [1.165, 1.54) is 0 Å². The van der Waals surface area contributed by atoms with Crippen molar-refractivity contribution in [3.8, 4) is 0 Å². The second-order valence-corrected chi connectivity index (χ2v) is 10.2. The van der Waals surface area contributed by atoms with E-state index in [4.69, 9.17) is 9.47 Å². The van der Waals surface area contributed by atoms with Gasteiger partial charge in [-0.15, -0.1) is 0 Å². The number of rotatable bonds is 13. The van der Waals surface area contributed by atoms with Crippen molar-refractivity contribution in [1.29, 1.82) is 0 Å². The number of nitrogens with one attached hydrogen (secondary N) is 1. The zero-order chi connectivity index (χ0) is 26.1. The molecular weight excluding hydrogens is 444 g/mol. The van der Waals surface area contributed by atoms with Crippen molar-refractivity contribution in [2.75, 3.05) is 20.8 Å². The van der Waals surface area contributed by atoms with E-state index in [0.29, 0.717) is 18.9 Å². The van der Waals surface area contributed by atoms with Crippen molar-refractivity contribution >= 4 is 11.8 Å². The van der Waals surface area contributed by atoms with Crippen molar-refractivity contribution < 1.29 is 24.2 Å². The number of aliphatic hydroxyl groups is 1. The number of carbonyl (C=O) groups excluding carboxylic acids is 2. The molecule has 1 saturated heterocycles. The molecular formula is C28H46N2O5. The minimum absolute atomic E-state index is 0.0528. The number of hydrogen-bond donors (Lipinski definition) is 2. The van der Waals surface area contributed by atoms with Gasteiger partial charge in [0.25, 0.3) is 0 Å². The van der Waals surface area contributed by atoms with Crippen LogP contribution in [-0.2, 0) is 19.1 Å². The highest BCUT2D eigenvalue weighted by molar-refractivity contribution is 5.80. The molecule has 2 N–H and O–H groups in total. The molecule has 0 aliphatic carbocycles. The Labute approximate surface area is 211 Å². The van der Waals surface area contributed by atoms with E-state index in [0.717, 1.165) is 24.8 Å². The summed E-state index contributed by atoms with van der Waals surface area (Å²) in [5.41, 5.74) is 0.753. The van der Waals surface area contributed by atoms with Crippen LogP contribution < -0.4 is 5.32 Å². The van der Waals surface area contributed by atoms with Gasteiger partial charge in [0, 0.05) is 20.8 Å². The Morgan fingerprint density at radius 2 is 1.77 bits per heavy atom. The van der Waals surface area contributed by atoms with Crippen LogP contribution in [0.25, 0.3) is 0 Å². The lowest BCUT2D eigenvalue weighted by Crippen LogP contribution is -2.51. The van der Waals surface area contributed by atoms with Crippen molar-refractivity contribution in [1.82, 2.24) is 10.2 Å². The highest BCUT2D eigenvalue weighted by Crippen LogP contribution is 2.29. The van der Waals surface area contributed by atoms with Crippen LogP contribution in [0.2, 0.25) is 0 Å². The average molecular weight is 491 g/mol. The predicted molar refractivity (Wildman–Crippen MR) is 138 cm³/mol. The number of nitrogens with zero attached hydrogens (tertiary/aromatic N) is 1. The molecule has 1 aromatic rings. The van der Waals surface area contributed by atoms with Crippen LogP contribution in [-0.4, -0.2) is 66.9 Å². The molecule has 1 fully saturated rings. The molecule has 7 heteroatoms. The number of hydrogen-bond acceptors (Lipinski definition) is 5. The van der Waals surface area contributed by atoms with Gasteiger partial charge >= 0.3 is 0 Å². The summed E-state index contributed by atoms with van der Waals surface area (Å²) in [6.45, 7) is 10.8. The van der Waals surface area contributed by atoms with Crippen molar-refractivity contribution in [3.05, 3.63) is 35.9 Å². The van der Waals surface area contributed by atoms with Crippen LogP contribution in [0.15, 0.2) is 30.3 Å². The third-order valence-electron chi connectivity index (χ3n) is 7.97. The number of carbonyl (C=O) groups is 2. The molecule has 8 atom stereocenters. The SMILES string of the molecule is CC[C@H](C)[C@@H](C)C(CC(=O)N1CCCC1[C@@H](OC)[C@H](C)C(=O)N[C@@H](C)[C@H](O)c1ccccc1)OC. The molecule has 2 unspecified atom stereocenters. The Kier molecular flexibility index (Phi) is 11.7. The molecule has 1 aliphatic heterocycles. The number of aliphatic hydroxyl groups excluding tert-OH is 1. The van der Waals surface area contributed by atoms with E-state index in [1.54, 1.807) is 21.1 Å². The maximum atomic E-state index is 13.3. The second kappa shape index (κ2) is 14.0. The Morgan fingerprint density at radius 1 is 1.11 bits per heavy atom. The van der Waals surface area contributed by atoms with Crippen LogP contribution >= 0.6 is 0 Å². The zero-order valence-electron chi connectivity index (χ0n) is 22.6. The fraction of sp³-hybridized carbons (Fsp3) is 0.714. The van der Waals surface area contributed by atoms with E-state index in [-0.39, 0.29) is 29.9 Å². The van der Waals surface area contributed by atoms with Gasteiger partial charge < -0.3 is 24.8 Å². The molecule has 198 valence electrons. The second-order valence-electron chi connectivity index (χ2n) is 10.2. The van der Waals surface area contributed by atoms with Gasteiger partial charge in [0.15, 0.2) is 0 Å². The number of ether oxygens (including phenoxy) is 2. The third kappa shape index (κ3) is 7.51. The standard InChI is InChI=1S/C28H46N2O5/c1-8-18(2)19(3)24(34-6)17-25(31)30-16-12-15-23(30)27(35-7)20(4)28(33)29-21(5)26(32)22-13-10-9-11-14-22/h9-11,13-14,18-21,23-24,26-27,32H,8,12,15-17H2,1-7H3,(H,29,33)/t18-,19+,20-,21-,23?,24?,26-,27-/m0/s1. The van der Waals surface area contributed by atoms with Crippen LogP contribution in [0, 0.1) is 17.8 Å². The van der Waals surface area contributed by atoms with Gasteiger partial charge in [-0.3, -0.25) is 9.59 Å². The zero-order valence-corrected chi connectivity index (χ0v) is 22.6. The summed E-state index contributed by atoms with van der Waals surface area (Å²) in [5, 5.41) is 13.6. The molecule has 0 saturated carbocycles. The van der Waals surface area contributed by atoms with Crippen LogP contribution in [0.4, 0.5) is 0 Å². The maximum absolute atomic E-state index is 13.3. The van der Waals surface area contributed by atoms with Gasteiger partial charge in [-0.2, -0.15) is 0 Å². The molecule has 0 aromatic heterocycles. The van der Waals surface area contributed by atoms with Crippen LogP contribution in [0.3, 0.4) is 0 Å². The molecule has 1 aliphatic rings. The molecule has 7 nitrogen and oxygen atoms in total. The van der Waals surface area contributed by atoms with Gasteiger partial charge in [0.05, 0.1) is 42.7 Å². The first kappa shape index (κ1) is 29.3. The number of likely N-dealkylation sites (tertiary alicyclic amines) is 1. The molecule has 35 heavy (non-hydrogen) atoms. The maximum Gasteiger partial charge on any atom is 0.225 e. The van der Waals surface area contributed by atoms with Gasteiger partial charge in [0.2, 0.25) is 11.8 Å². The van der Waals surface area contributed by atoms with Crippen molar-refractivity contribution in [2.24, 2.45) is 17.8 Å². The number of benzene rings is 1. The quantitative estimate of drug-likeness (QED) is 0.437. The number of methoxy groups -OCH3 is 2. The molecule has 1 aromatic carbocycles. The lowest BCUT2D eigenvalue weighted by molar-refractivity contribution is -0.143. The summed E-state index contributed by atoms with van der Waals surface area (Å²) in [7, 11) is 3.27. The van der Waals surface area contributed by atoms with Crippen molar-refractivity contribution in [3.63, 3.8) is 0 Å². The molecule has 0 radical (unpaired) electrons. The Bertz CT molecular complexity index is 789. The van der Waals surface area contributed by atoms with Crippen LogP contribution in [0.5, 0.6) is 0 Å². The molecule has 0 bridgehead atoms. The van der Waals surface area contributed by atoms with E-state index in [9.17, 15) is 14.7 Å². The molecule has 2 rings (SSSR count). The smallest absolute Gasteiger partial charge is 0.225 e. The summed E-state index contributed by atoms with van der Waals surface area (Å²) < 4.78 is 11.5. The summed E-state index contributed by atoms with van der Waals surface area (Å²) in [4.78, 5) is 28.3. The first-order chi connectivity index (χ1) is 16.7. The fourth-order valence-electron chi connectivity index (χ4n) is 5.17. The highest BCUT2D eigenvalue weighted by atomic mass is 16.5. The van der Waals surface area contributed by atoms with Gasteiger partial charge in [-0.1, -0.05) is 64.4 Å². The fourth-order valence-corrected chi connectivity index (χ4v) is 5.17. The van der Waals surface area contributed by atoms with Crippen LogP contribution in [0.1, 0.15) is 72.0 Å². The molecule has 1 heterocycles. The normalized spacial score (nSPS) is 22.1. The topological polar surface area (TPSA) is 88.1 Å². The van der Waals surface area contributed by atoms with Gasteiger partial charge in [0.1, 0.15) is 0 Å². The van der Waals surface area contributed by atoms with Gasteiger partial charge in [-0.25, -0.2) is 0 Å². The first-order valence-electron chi connectivity index (χ1n) is 13.0. The Balaban J connectivity index is 2.05. The highest BCUT2D eigenvalue weighted by Gasteiger charge is 2.41. The Hall–Kier alpha value is -1.96. The molecule has 0 spiro atoms. The van der Waals surface area contributed by atoms with Gasteiger partial charge in [-0.05, 0) is 37.2 Å². The summed E-state index contributed by atoms with van der Waals surface area (Å²) >= 11 is 0. The number of amides is 2. The monoisotopic (exact) mass is 490 g/mol. The lowest BCUT2D eigenvalue weighted by Gasteiger charge is -2.36. The third-order valence-corrected chi connectivity index (χ3v) is 7.97. The summed E-state index contributed by atoms with van der Waals surface area (Å²) in [6, 6.07) is 8.66. The van der Waals surface area contributed by atoms with Crippen molar-refractivity contribution in [2.45, 2.75) is 90.7 Å². The predicted octanol–water partition coefficient (Wildman–Crippen LogP) is 3.95. The van der Waals surface area contributed by atoms with E-state index < -0.39 is 24.2 Å². The molecule has 2 amide bonds.